The van der Waals surface area contributed by atoms with Gasteiger partial charge in [0.25, 0.3) is 0 Å². The lowest BCUT2D eigenvalue weighted by molar-refractivity contribution is 0.110. The van der Waals surface area contributed by atoms with Crippen molar-refractivity contribution in [2.24, 2.45) is 0 Å². The SMILES string of the molecule is CCN(CC(O)COc1ccc(OCC(O)CN(CC)c2ccccc2)cc1)c1ccccc1. The summed E-state index contributed by atoms with van der Waals surface area (Å²) in [4.78, 5) is 4.24. The molecule has 0 bridgehead atoms. The Bertz CT molecular complexity index is 859. The van der Waals surface area contributed by atoms with Gasteiger partial charge in [-0.1, -0.05) is 36.4 Å². The number of ether oxygens (including phenoxy) is 2. The Labute approximate surface area is 203 Å². The Balaban J connectivity index is 1.41. The topological polar surface area (TPSA) is 65.4 Å². The molecule has 0 saturated carbocycles. The van der Waals surface area contributed by atoms with Crippen LogP contribution < -0.4 is 19.3 Å². The van der Waals surface area contributed by atoms with Crippen LogP contribution in [0, 0.1) is 0 Å². The van der Waals surface area contributed by atoms with Gasteiger partial charge in [0.1, 0.15) is 36.9 Å². The van der Waals surface area contributed by atoms with Crippen molar-refractivity contribution >= 4 is 11.4 Å². The van der Waals surface area contributed by atoms with E-state index in [0.29, 0.717) is 24.6 Å². The van der Waals surface area contributed by atoms with Gasteiger partial charge in [-0.2, -0.15) is 0 Å². The first-order valence-corrected chi connectivity index (χ1v) is 11.9. The number of hydrogen-bond acceptors (Lipinski definition) is 6. The Morgan fingerprint density at radius 2 is 0.941 bits per heavy atom. The third-order valence-corrected chi connectivity index (χ3v) is 5.58. The molecule has 6 heteroatoms. The molecule has 0 aliphatic rings. The van der Waals surface area contributed by atoms with Crippen LogP contribution in [-0.2, 0) is 0 Å². The number of anilines is 2. The maximum Gasteiger partial charge on any atom is 0.119 e. The van der Waals surface area contributed by atoms with Gasteiger partial charge < -0.3 is 29.5 Å². The van der Waals surface area contributed by atoms with Crippen molar-refractivity contribution < 1.29 is 19.7 Å². The predicted octanol–water partition coefficient (Wildman–Crippen LogP) is 4.22. The average molecular weight is 465 g/mol. The molecular weight excluding hydrogens is 428 g/mol. The summed E-state index contributed by atoms with van der Waals surface area (Å²) in [6, 6.07) is 27.3. The molecule has 0 spiro atoms. The molecule has 2 unspecified atom stereocenters. The number of benzene rings is 3. The minimum Gasteiger partial charge on any atom is -0.491 e. The van der Waals surface area contributed by atoms with Gasteiger partial charge >= 0.3 is 0 Å². The van der Waals surface area contributed by atoms with E-state index in [9.17, 15) is 10.2 Å². The number of aliphatic hydroxyl groups excluding tert-OH is 2. The molecule has 2 N–H and O–H groups in total. The van der Waals surface area contributed by atoms with Crippen molar-refractivity contribution in [2.75, 3.05) is 49.2 Å². The summed E-state index contributed by atoms with van der Waals surface area (Å²) < 4.78 is 11.5. The largest absolute Gasteiger partial charge is 0.491 e. The first-order valence-electron chi connectivity index (χ1n) is 11.9. The third-order valence-electron chi connectivity index (χ3n) is 5.58. The highest BCUT2D eigenvalue weighted by molar-refractivity contribution is 5.46. The fourth-order valence-corrected chi connectivity index (χ4v) is 3.74. The average Bonchev–Trinajstić information content (AvgIpc) is 2.89. The normalized spacial score (nSPS) is 12.6. The fourth-order valence-electron chi connectivity index (χ4n) is 3.74. The van der Waals surface area contributed by atoms with E-state index in [0.717, 1.165) is 24.5 Å². The molecular formula is C28H36N2O4. The van der Waals surface area contributed by atoms with Crippen LogP contribution in [0.4, 0.5) is 11.4 Å². The number of para-hydroxylation sites is 2. The lowest BCUT2D eigenvalue weighted by atomic mass is 10.2. The molecule has 0 fully saturated rings. The number of rotatable bonds is 14. The first-order chi connectivity index (χ1) is 16.6. The van der Waals surface area contributed by atoms with Crippen LogP contribution >= 0.6 is 0 Å². The Morgan fingerprint density at radius 1 is 0.588 bits per heavy atom. The highest BCUT2D eigenvalue weighted by Crippen LogP contribution is 2.19. The van der Waals surface area contributed by atoms with E-state index in [2.05, 4.69) is 23.6 Å². The van der Waals surface area contributed by atoms with E-state index in [1.54, 1.807) is 0 Å². The van der Waals surface area contributed by atoms with Crippen molar-refractivity contribution in [3.8, 4) is 11.5 Å². The van der Waals surface area contributed by atoms with Crippen LogP contribution in [0.15, 0.2) is 84.9 Å². The summed E-state index contributed by atoms with van der Waals surface area (Å²) in [5.41, 5.74) is 2.16. The van der Waals surface area contributed by atoms with E-state index in [-0.39, 0.29) is 13.2 Å². The summed E-state index contributed by atoms with van der Waals surface area (Å²) in [6.07, 6.45) is -1.23. The van der Waals surface area contributed by atoms with Crippen molar-refractivity contribution in [3.05, 3.63) is 84.9 Å². The van der Waals surface area contributed by atoms with Crippen LogP contribution in [0.1, 0.15) is 13.8 Å². The van der Waals surface area contributed by atoms with Gasteiger partial charge in [-0.05, 0) is 62.4 Å². The van der Waals surface area contributed by atoms with Crippen LogP contribution in [0.2, 0.25) is 0 Å². The van der Waals surface area contributed by atoms with E-state index in [4.69, 9.17) is 9.47 Å². The van der Waals surface area contributed by atoms with Crippen molar-refractivity contribution in [3.63, 3.8) is 0 Å². The van der Waals surface area contributed by atoms with Crippen LogP contribution in [0.3, 0.4) is 0 Å². The van der Waals surface area contributed by atoms with Crippen molar-refractivity contribution in [1.29, 1.82) is 0 Å². The zero-order valence-electron chi connectivity index (χ0n) is 20.1. The fraction of sp³-hybridized carbons (Fsp3) is 0.357. The smallest absolute Gasteiger partial charge is 0.119 e. The molecule has 3 aromatic carbocycles. The van der Waals surface area contributed by atoms with Gasteiger partial charge in [-0.15, -0.1) is 0 Å². The van der Waals surface area contributed by atoms with E-state index >= 15 is 0 Å². The standard InChI is InChI=1S/C28H36N2O4/c1-3-29(23-11-7-5-8-12-23)19-25(31)21-33-27-15-17-28(18-16-27)34-22-26(32)20-30(4-2)24-13-9-6-10-14-24/h5-18,25-26,31-32H,3-4,19-22H2,1-2H3. The molecule has 0 aliphatic heterocycles. The van der Waals surface area contributed by atoms with E-state index in [1.807, 2.05) is 84.9 Å². The maximum absolute atomic E-state index is 10.4. The number of nitrogens with zero attached hydrogens (tertiary/aromatic N) is 2. The number of hydrogen-bond donors (Lipinski definition) is 2. The molecule has 3 aromatic rings. The summed E-state index contributed by atoms with van der Waals surface area (Å²) >= 11 is 0. The predicted molar refractivity (Wildman–Crippen MR) is 138 cm³/mol. The number of likely N-dealkylation sites (N-methyl/N-ethyl adjacent to an activating group) is 2. The van der Waals surface area contributed by atoms with Crippen LogP contribution in [0.25, 0.3) is 0 Å². The quantitative estimate of drug-likeness (QED) is 0.372. The van der Waals surface area contributed by atoms with Gasteiger partial charge in [0, 0.05) is 37.6 Å². The molecule has 0 radical (unpaired) electrons. The van der Waals surface area contributed by atoms with Crippen LogP contribution in [-0.4, -0.2) is 61.8 Å². The minimum atomic E-state index is -0.614. The van der Waals surface area contributed by atoms with Gasteiger partial charge in [0.2, 0.25) is 0 Å². The zero-order chi connectivity index (χ0) is 24.2. The Hall–Kier alpha value is -3.22. The van der Waals surface area contributed by atoms with Gasteiger partial charge in [0.05, 0.1) is 0 Å². The Kier molecular flexibility index (Phi) is 10.1. The van der Waals surface area contributed by atoms with E-state index < -0.39 is 12.2 Å². The zero-order valence-corrected chi connectivity index (χ0v) is 20.1. The summed E-state index contributed by atoms with van der Waals surface area (Å²) in [5.74, 6) is 1.33. The molecule has 6 nitrogen and oxygen atoms in total. The highest BCUT2D eigenvalue weighted by atomic mass is 16.5. The maximum atomic E-state index is 10.4. The monoisotopic (exact) mass is 464 g/mol. The second-order valence-corrected chi connectivity index (χ2v) is 8.15. The second-order valence-electron chi connectivity index (χ2n) is 8.15. The molecule has 2 atom stereocenters. The molecule has 0 amide bonds. The van der Waals surface area contributed by atoms with E-state index in [1.165, 1.54) is 0 Å². The van der Waals surface area contributed by atoms with Gasteiger partial charge in [-0.3, -0.25) is 0 Å². The molecule has 182 valence electrons. The summed E-state index contributed by atoms with van der Waals surface area (Å²) in [5, 5.41) is 20.8. The molecule has 3 rings (SSSR count). The molecule has 0 heterocycles. The van der Waals surface area contributed by atoms with Crippen LogP contribution in [0.5, 0.6) is 11.5 Å². The highest BCUT2D eigenvalue weighted by Gasteiger charge is 2.13. The van der Waals surface area contributed by atoms with Crippen molar-refractivity contribution in [2.45, 2.75) is 26.1 Å². The Morgan fingerprint density at radius 3 is 1.26 bits per heavy atom. The second kappa shape index (κ2) is 13.5. The molecule has 34 heavy (non-hydrogen) atoms. The van der Waals surface area contributed by atoms with Gasteiger partial charge in [-0.25, -0.2) is 0 Å². The molecule has 0 aliphatic carbocycles. The van der Waals surface area contributed by atoms with Gasteiger partial charge in [0.15, 0.2) is 0 Å². The third kappa shape index (κ3) is 7.97. The lowest BCUT2D eigenvalue weighted by Gasteiger charge is -2.26. The summed E-state index contributed by atoms with van der Waals surface area (Å²) in [6.45, 7) is 7.15. The number of aliphatic hydroxyl groups is 2. The van der Waals surface area contributed by atoms with Crippen molar-refractivity contribution in [1.82, 2.24) is 0 Å². The molecule has 0 saturated heterocycles. The summed E-state index contributed by atoms with van der Waals surface area (Å²) in [7, 11) is 0. The minimum absolute atomic E-state index is 0.203. The first kappa shape index (κ1) is 25.4. The lowest BCUT2D eigenvalue weighted by Crippen LogP contribution is -2.35. The molecule has 0 aromatic heterocycles.